The Kier molecular flexibility index (Phi) is 4.92. The van der Waals surface area contributed by atoms with Crippen molar-refractivity contribution in [3.05, 3.63) is 29.6 Å². The van der Waals surface area contributed by atoms with E-state index < -0.39 is 26.7 Å². The molecule has 0 bridgehead atoms. The fourth-order valence-electron chi connectivity index (χ4n) is 2.08. The number of hydrogen-bond donors (Lipinski definition) is 1. The van der Waals surface area contributed by atoms with Crippen LogP contribution < -0.4 is 4.72 Å². The van der Waals surface area contributed by atoms with Crippen molar-refractivity contribution in [2.75, 3.05) is 20.3 Å². The molecule has 1 fully saturated rings. The summed E-state index contributed by atoms with van der Waals surface area (Å²) in [7, 11) is -2.90. The van der Waals surface area contributed by atoms with Crippen molar-refractivity contribution in [1.29, 1.82) is 0 Å². The maximum Gasteiger partial charge on any atom is 0.339 e. The Morgan fingerprint density at radius 3 is 2.90 bits per heavy atom. The molecule has 1 saturated heterocycles. The molecule has 1 atom stereocenters. The third-order valence-corrected chi connectivity index (χ3v) is 4.63. The van der Waals surface area contributed by atoms with Crippen LogP contribution in [-0.4, -0.2) is 40.8 Å². The summed E-state index contributed by atoms with van der Waals surface area (Å²) in [6, 6.07) is 2.89. The molecule has 1 aromatic rings. The highest BCUT2D eigenvalue weighted by Crippen LogP contribution is 2.19. The van der Waals surface area contributed by atoms with Crippen LogP contribution in [0.15, 0.2) is 23.1 Å². The minimum atomic E-state index is -4.03. The van der Waals surface area contributed by atoms with Gasteiger partial charge in [0.15, 0.2) is 0 Å². The summed E-state index contributed by atoms with van der Waals surface area (Å²) >= 11 is 0. The first-order valence-corrected chi connectivity index (χ1v) is 7.91. The zero-order chi connectivity index (χ0) is 15.5. The van der Waals surface area contributed by atoms with Gasteiger partial charge in [0, 0.05) is 13.2 Å². The lowest BCUT2D eigenvalue weighted by molar-refractivity contribution is 0.0596. The molecule has 1 N–H and O–H groups in total. The summed E-state index contributed by atoms with van der Waals surface area (Å²) in [5.74, 6) is -1.59. The first-order chi connectivity index (χ1) is 9.94. The van der Waals surface area contributed by atoms with E-state index >= 15 is 0 Å². The Morgan fingerprint density at radius 1 is 1.52 bits per heavy atom. The maximum absolute atomic E-state index is 13.3. The summed E-state index contributed by atoms with van der Waals surface area (Å²) in [5, 5.41) is 0. The molecule has 0 aromatic heterocycles. The monoisotopic (exact) mass is 317 g/mol. The highest BCUT2D eigenvalue weighted by atomic mass is 32.2. The van der Waals surface area contributed by atoms with Crippen molar-refractivity contribution in [2.45, 2.75) is 23.8 Å². The molecule has 1 aromatic carbocycles. The van der Waals surface area contributed by atoms with Crippen molar-refractivity contribution in [1.82, 2.24) is 4.72 Å². The van der Waals surface area contributed by atoms with Gasteiger partial charge in [0.25, 0.3) is 0 Å². The van der Waals surface area contributed by atoms with Gasteiger partial charge >= 0.3 is 5.97 Å². The van der Waals surface area contributed by atoms with Gasteiger partial charge in [-0.1, -0.05) is 0 Å². The predicted octanol–water partition coefficient (Wildman–Crippen LogP) is 1.07. The molecule has 8 heteroatoms. The van der Waals surface area contributed by atoms with Crippen LogP contribution in [0.1, 0.15) is 23.2 Å². The minimum absolute atomic E-state index is 0.0828. The molecule has 0 spiro atoms. The molecule has 21 heavy (non-hydrogen) atoms. The third-order valence-electron chi connectivity index (χ3n) is 3.16. The van der Waals surface area contributed by atoms with Gasteiger partial charge in [-0.3, -0.25) is 0 Å². The molecule has 0 saturated carbocycles. The highest BCUT2D eigenvalue weighted by Gasteiger charge is 2.25. The van der Waals surface area contributed by atoms with Gasteiger partial charge in [-0.25, -0.2) is 22.3 Å². The Bertz CT molecular complexity index is 625. The van der Waals surface area contributed by atoms with Crippen molar-refractivity contribution >= 4 is 16.0 Å². The molecular formula is C13H16FNO5S. The molecule has 0 amide bonds. The van der Waals surface area contributed by atoms with Crippen LogP contribution in [0.3, 0.4) is 0 Å². The zero-order valence-electron chi connectivity index (χ0n) is 11.5. The third kappa shape index (κ3) is 3.78. The summed E-state index contributed by atoms with van der Waals surface area (Å²) in [5.41, 5.74) is -0.209. The predicted molar refractivity (Wildman–Crippen MR) is 71.9 cm³/mol. The standard InChI is InChI=1S/C13H16FNO5S/c1-19-13(16)11-5-4-9(14)7-12(11)21(17,18)15-8-10-3-2-6-20-10/h4-5,7,10,15H,2-3,6,8H2,1H3. The van der Waals surface area contributed by atoms with Gasteiger partial charge in [-0.05, 0) is 31.0 Å². The number of carbonyl (C=O) groups excluding carboxylic acids is 1. The molecule has 1 aliphatic rings. The molecular weight excluding hydrogens is 301 g/mol. The van der Waals surface area contributed by atoms with Crippen molar-refractivity contribution in [2.24, 2.45) is 0 Å². The van der Waals surface area contributed by atoms with E-state index in [4.69, 9.17) is 4.74 Å². The van der Waals surface area contributed by atoms with E-state index in [9.17, 15) is 17.6 Å². The molecule has 6 nitrogen and oxygen atoms in total. The second-order valence-electron chi connectivity index (χ2n) is 4.62. The van der Waals surface area contributed by atoms with Gasteiger partial charge < -0.3 is 9.47 Å². The Morgan fingerprint density at radius 2 is 2.29 bits per heavy atom. The quantitative estimate of drug-likeness (QED) is 0.822. The highest BCUT2D eigenvalue weighted by molar-refractivity contribution is 7.89. The van der Waals surface area contributed by atoms with Crippen LogP contribution in [-0.2, 0) is 19.5 Å². The molecule has 116 valence electrons. The van der Waals surface area contributed by atoms with Crippen LogP contribution in [0.5, 0.6) is 0 Å². The number of nitrogens with one attached hydrogen (secondary N) is 1. The fourth-order valence-corrected chi connectivity index (χ4v) is 3.35. The number of hydrogen-bond acceptors (Lipinski definition) is 5. The van der Waals surface area contributed by atoms with Crippen molar-refractivity contribution in [3.8, 4) is 0 Å². The molecule has 2 rings (SSSR count). The first kappa shape index (κ1) is 15.9. The topological polar surface area (TPSA) is 81.7 Å². The van der Waals surface area contributed by atoms with E-state index in [0.717, 1.165) is 38.2 Å². The van der Waals surface area contributed by atoms with Gasteiger partial charge in [-0.15, -0.1) is 0 Å². The second-order valence-corrected chi connectivity index (χ2v) is 6.35. The number of rotatable bonds is 5. The Labute approximate surface area is 122 Å². The largest absolute Gasteiger partial charge is 0.465 e. The summed E-state index contributed by atoms with van der Waals surface area (Å²) in [6.07, 6.45) is 1.44. The Hall–Kier alpha value is -1.51. The Balaban J connectivity index is 2.25. The second kappa shape index (κ2) is 6.50. The SMILES string of the molecule is COC(=O)c1ccc(F)cc1S(=O)(=O)NCC1CCCO1. The van der Waals surface area contributed by atoms with E-state index in [0.29, 0.717) is 6.61 Å². The number of benzene rings is 1. The number of ether oxygens (including phenoxy) is 2. The van der Waals surface area contributed by atoms with Gasteiger partial charge in [0.1, 0.15) is 5.82 Å². The van der Waals surface area contributed by atoms with Crippen LogP contribution in [0, 0.1) is 5.82 Å². The smallest absolute Gasteiger partial charge is 0.339 e. The summed E-state index contributed by atoms with van der Waals surface area (Å²) < 4.78 is 50.0. The summed E-state index contributed by atoms with van der Waals surface area (Å²) in [6.45, 7) is 0.680. The van der Waals surface area contributed by atoms with Crippen LogP contribution in [0.25, 0.3) is 0 Å². The molecule has 1 aliphatic heterocycles. The number of esters is 1. The number of methoxy groups -OCH3 is 1. The van der Waals surface area contributed by atoms with Crippen LogP contribution in [0.4, 0.5) is 4.39 Å². The van der Waals surface area contributed by atoms with Gasteiger partial charge in [-0.2, -0.15) is 0 Å². The van der Waals surface area contributed by atoms with E-state index in [1.807, 2.05) is 0 Å². The molecule has 1 unspecified atom stereocenters. The number of carbonyl (C=O) groups is 1. The fraction of sp³-hybridized carbons (Fsp3) is 0.462. The van der Waals surface area contributed by atoms with Crippen LogP contribution in [0.2, 0.25) is 0 Å². The lowest BCUT2D eigenvalue weighted by atomic mass is 10.2. The molecule has 0 radical (unpaired) electrons. The molecule has 0 aliphatic carbocycles. The average molecular weight is 317 g/mol. The van der Waals surface area contributed by atoms with Gasteiger partial charge in [0.05, 0.1) is 23.7 Å². The van der Waals surface area contributed by atoms with E-state index in [1.165, 1.54) is 0 Å². The average Bonchev–Trinajstić information content (AvgIpc) is 2.98. The molecule has 1 heterocycles. The van der Waals surface area contributed by atoms with E-state index in [2.05, 4.69) is 9.46 Å². The zero-order valence-corrected chi connectivity index (χ0v) is 12.3. The van der Waals surface area contributed by atoms with Crippen molar-refractivity contribution in [3.63, 3.8) is 0 Å². The number of sulfonamides is 1. The van der Waals surface area contributed by atoms with Crippen LogP contribution >= 0.6 is 0 Å². The first-order valence-electron chi connectivity index (χ1n) is 6.43. The maximum atomic E-state index is 13.3. The number of halogens is 1. The van der Waals surface area contributed by atoms with E-state index in [-0.39, 0.29) is 18.2 Å². The lowest BCUT2D eigenvalue weighted by Crippen LogP contribution is -2.32. The normalized spacial score (nSPS) is 18.7. The van der Waals surface area contributed by atoms with E-state index in [1.54, 1.807) is 0 Å². The van der Waals surface area contributed by atoms with Gasteiger partial charge in [0.2, 0.25) is 10.0 Å². The summed E-state index contributed by atoms with van der Waals surface area (Å²) in [4.78, 5) is 11.2. The van der Waals surface area contributed by atoms with Crippen molar-refractivity contribution < 1.29 is 27.1 Å². The lowest BCUT2D eigenvalue weighted by Gasteiger charge is -2.13. The minimum Gasteiger partial charge on any atom is -0.465 e.